The van der Waals surface area contributed by atoms with E-state index < -0.39 is 10.0 Å². The first-order valence-electron chi connectivity index (χ1n) is 10.4. The molecule has 1 saturated carbocycles. The molecule has 1 N–H and O–H groups in total. The quantitative estimate of drug-likeness (QED) is 0.676. The maximum atomic E-state index is 12.9. The highest BCUT2D eigenvalue weighted by molar-refractivity contribution is 7.91. The van der Waals surface area contributed by atoms with Gasteiger partial charge in [-0.05, 0) is 58.9 Å². The zero-order valence-electron chi connectivity index (χ0n) is 16.7. The van der Waals surface area contributed by atoms with Gasteiger partial charge in [-0.3, -0.25) is 9.52 Å². The Labute approximate surface area is 176 Å². The fourth-order valence-electron chi connectivity index (χ4n) is 4.24. The molecule has 30 heavy (non-hydrogen) atoms. The van der Waals surface area contributed by atoms with Crippen molar-refractivity contribution in [2.45, 2.75) is 31.6 Å². The van der Waals surface area contributed by atoms with E-state index in [4.69, 9.17) is 0 Å². The number of hydrogen-bond acceptors (Lipinski definition) is 3. The van der Waals surface area contributed by atoms with Gasteiger partial charge in [0.1, 0.15) is 0 Å². The van der Waals surface area contributed by atoms with Crippen LogP contribution in [0.5, 0.6) is 0 Å². The summed E-state index contributed by atoms with van der Waals surface area (Å²) in [6, 6.07) is 19.2. The fraction of sp³-hybridized carbons (Fsp3) is 0.292. The second-order valence-electron chi connectivity index (χ2n) is 8.27. The van der Waals surface area contributed by atoms with Crippen molar-refractivity contribution < 1.29 is 13.2 Å². The molecule has 1 aliphatic heterocycles. The SMILES string of the molecule is O=C(C1CC1)N1CCc2ccc(NS(=O)(=O)Cc3cccc4ccccc34)cc2C1. The van der Waals surface area contributed by atoms with Gasteiger partial charge < -0.3 is 4.90 Å². The van der Waals surface area contributed by atoms with Crippen molar-refractivity contribution in [2.24, 2.45) is 5.92 Å². The van der Waals surface area contributed by atoms with E-state index in [1.54, 1.807) is 0 Å². The Bertz CT molecular complexity index is 1230. The molecule has 6 heteroatoms. The molecule has 0 radical (unpaired) electrons. The minimum absolute atomic E-state index is 0.0856. The molecule has 0 bridgehead atoms. The molecule has 2 aliphatic rings. The first kappa shape index (κ1) is 19.1. The van der Waals surface area contributed by atoms with Crippen LogP contribution < -0.4 is 4.72 Å². The number of carbonyl (C=O) groups is 1. The first-order chi connectivity index (χ1) is 14.5. The largest absolute Gasteiger partial charge is 0.338 e. The van der Waals surface area contributed by atoms with Crippen LogP contribution in [0.4, 0.5) is 5.69 Å². The molecule has 154 valence electrons. The Hall–Kier alpha value is -2.86. The van der Waals surface area contributed by atoms with E-state index in [0.29, 0.717) is 12.2 Å². The van der Waals surface area contributed by atoms with Crippen molar-refractivity contribution in [3.8, 4) is 0 Å². The van der Waals surface area contributed by atoms with Crippen LogP contribution in [0.15, 0.2) is 60.7 Å². The van der Waals surface area contributed by atoms with Crippen LogP contribution in [0.1, 0.15) is 29.5 Å². The zero-order chi connectivity index (χ0) is 20.7. The lowest BCUT2D eigenvalue weighted by Gasteiger charge is -2.29. The van der Waals surface area contributed by atoms with Crippen molar-refractivity contribution in [1.29, 1.82) is 0 Å². The minimum atomic E-state index is -3.57. The maximum Gasteiger partial charge on any atom is 0.236 e. The number of hydrogen-bond donors (Lipinski definition) is 1. The normalized spacial score (nSPS) is 16.3. The van der Waals surface area contributed by atoms with Crippen molar-refractivity contribution >= 4 is 32.4 Å². The van der Waals surface area contributed by atoms with Crippen LogP contribution in [0.2, 0.25) is 0 Å². The van der Waals surface area contributed by atoms with Gasteiger partial charge in [-0.25, -0.2) is 8.42 Å². The van der Waals surface area contributed by atoms with E-state index in [1.165, 1.54) is 5.56 Å². The molecular formula is C24H24N2O3S. The molecule has 0 saturated heterocycles. The smallest absolute Gasteiger partial charge is 0.236 e. The van der Waals surface area contributed by atoms with Crippen LogP contribution in [-0.2, 0) is 33.5 Å². The lowest BCUT2D eigenvalue weighted by molar-refractivity contribution is -0.133. The average molecular weight is 421 g/mol. The van der Waals surface area contributed by atoms with Crippen molar-refractivity contribution in [3.63, 3.8) is 0 Å². The van der Waals surface area contributed by atoms with Crippen molar-refractivity contribution in [2.75, 3.05) is 11.3 Å². The fourth-order valence-corrected chi connectivity index (χ4v) is 5.46. The van der Waals surface area contributed by atoms with E-state index in [-0.39, 0.29) is 17.6 Å². The Morgan fingerprint density at radius 3 is 2.63 bits per heavy atom. The van der Waals surface area contributed by atoms with Crippen LogP contribution in [-0.4, -0.2) is 25.8 Å². The topological polar surface area (TPSA) is 66.5 Å². The van der Waals surface area contributed by atoms with E-state index >= 15 is 0 Å². The van der Waals surface area contributed by atoms with Gasteiger partial charge in [-0.2, -0.15) is 0 Å². The first-order valence-corrected chi connectivity index (χ1v) is 12.0. The second-order valence-corrected chi connectivity index (χ2v) is 9.99. The summed E-state index contributed by atoms with van der Waals surface area (Å²) in [5.41, 5.74) is 3.54. The van der Waals surface area contributed by atoms with Gasteiger partial charge in [0.25, 0.3) is 0 Å². The number of fused-ring (bicyclic) bond motifs is 2. The van der Waals surface area contributed by atoms with E-state index in [0.717, 1.165) is 47.7 Å². The van der Waals surface area contributed by atoms with Crippen LogP contribution in [0, 0.1) is 5.92 Å². The summed E-state index contributed by atoms with van der Waals surface area (Å²) in [7, 11) is -3.57. The molecule has 1 fully saturated rings. The third kappa shape index (κ3) is 3.92. The molecular weight excluding hydrogens is 396 g/mol. The summed E-state index contributed by atoms with van der Waals surface area (Å²) < 4.78 is 28.5. The van der Waals surface area contributed by atoms with Gasteiger partial charge in [0, 0.05) is 24.7 Å². The van der Waals surface area contributed by atoms with Crippen LogP contribution in [0.25, 0.3) is 10.8 Å². The molecule has 3 aromatic carbocycles. The predicted octanol–water partition coefficient (Wildman–Crippen LogP) is 4.08. The standard InChI is InChI=1S/C24H24N2O3S/c27-24(19-8-9-19)26-13-12-17-10-11-22(14-21(17)15-26)25-30(28,29)16-20-6-3-5-18-4-1-2-7-23(18)20/h1-7,10-11,14,19,25H,8-9,12-13,15-16H2. The summed E-state index contributed by atoms with van der Waals surface area (Å²) in [5, 5.41) is 1.98. The van der Waals surface area contributed by atoms with Gasteiger partial charge in [0.2, 0.25) is 15.9 Å². The van der Waals surface area contributed by atoms with E-state index in [2.05, 4.69) is 4.72 Å². The zero-order valence-corrected chi connectivity index (χ0v) is 17.5. The number of anilines is 1. The number of rotatable bonds is 5. The lowest BCUT2D eigenvalue weighted by Crippen LogP contribution is -2.36. The number of nitrogens with zero attached hydrogens (tertiary/aromatic N) is 1. The Kier molecular flexibility index (Phi) is 4.74. The molecule has 1 aliphatic carbocycles. The number of carbonyl (C=O) groups excluding carboxylic acids is 1. The molecule has 0 atom stereocenters. The highest BCUT2D eigenvalue weighted by atomic mass is 32.2. The predicted molar refractivity (Wildman–Crippen MR) is 118 cm³/mol. The molecule has 1 heterocycles. The molecule has 5 nitrogen and oxygen atoms in total. The van der Waals surface area contributed by atoms with Crippen molar-refractivity contribution in [3.05, 3.63) is 77.4 Å². The molecule has 0 unspecified atom stereocenters. The molecule has 0 spiro atoms. The van der Waals surface area contributed by atoms with Crippen LogP contribution in [0.3, 0.4) is 0 Å². The number of benzene rings is 3. The summed E-state index contributed by atoms with van der Waals surface area (Å²) >= 11 is 0. The summed E-state index contributed by atoms with van der Waals surface area (Å²) in [4.78, 5) is 14.3. The highest BCUT2D eigenvalue weighted by Gasteiger charge is 2.34. The highest BCUT2D eigenvalue weighted by Crippen LogP contribution is 2.33. The van der Waals surface area contributed by atoms with Gasteiger partial charge in [-0.15, -0.1) is 0 Å². The monoisotopic (exact) mass is 420 g/mol. The molecule has 1 amide bonds. The third-order valence-electron chi connectivity index (χ3n) is 5.96. The Morgan fingerprint density at radius 2 is 1.80 bits per heavy atom. The van der Waals surface area contributed by atoms with Gasteiger partial charge in [0.15, 0.2) is 0 Å². The minimum Gasteiger partial charge on any atom is -0.338 e. The van der Waals surface area contributed by atoms with E-state index in [1.807, 2.05) is 65.6 Å². The number of amides is 1. The van der Waals surface area contributed by atoms with Crippen LogP contribution >= 0.6 is 0 Å². The van der Waals surface area contributed by atoms with E-state index in [9.17, 15) is 13.2 Å². The Balaban J connectivity index is 1.35. The van der Waals surface area contributed by atoms with Crippen molar-refractivity contribution in [1.82, 2.24) is 4.90 Å². The molecule has 3 aromatic rings. The molecule has 5 rings (SSSR count). The maximum absolute atomic E-state index is 12.9. The van der Waals surface area contributed by atoms with Gasteiger partial charge in [0.05, 0.1) is 5.75 Å². The Morgan fingerprint density at radius 1 is 1.00 bits per heavy atom. The van der Waals surface area contributed by atoms with Gasteiger partial charge in [-0.1, -0.05) is 48.5 Å². The molecule has 0 aromatic heterocycles. The number of sulfonamides is 1. The summed E-state index contributed by atoms with van der Waals surface area (Å²) in [6.07, 6.45) is 2.81. The third-order valence-corrected chi connectivity index (χ3v) is 7.19. The van der Waals surface area contributed by atoms with Gasteiger partial charge >= 0.3 is 0 Å². The average Bonchev–Trinajstić information content (AvgIpc) is 3.58. The second kappa shape index (κ2) is 7.43. The summed E-state index contributed by atoms with van der Waals surface area (Å²) in [5.74, 6) is 0.356. The summed E-state index contributed by atoms with van der Waals surface area (Å²) in [6.45, 7) is 1.30. The lowest BCUT2D eigenvalue weighted by atomic mass is 9.99. The number of nitrogens with one attached hydrogen (secondary N) is 1.